The van der Waals surface area contributed by atoms with E-state index in [2.05, 4.69) is 26.1 Å². The van der Waals surface area contributed by atoms with Crippen molar-refractivity contribution in [1.29, 1.82) is 0 Å². The van der Waals surface area contributed by atoms with Gasteiger partial charge in [0.2, 0.25) is 5.88 Å². The summed E-state index contributed by atoms with van der Waals surface area (Å²) < 4.78 is 42.1. The van der Waals surface area contributed by atoms with Crippen molar-refractivity contribution in [3.8, 4) is 11.7 Å². The Hall–Kier alpha value is -3.01. The maximum absolute atomic E-state index is 14.6. The number of thiophene rings is 1. The Morgan fingerprint density at radius 1 is 1.08 bits per heavy atom. The molecule has 0 unspecified atom stereocenters. The minimum absolute atomic E-state index is 0. The second-order valence-corrected chi connectivity index (χ2v) is 11.6. The van der Waals surface area contributed by atoms with Crippen molar-refractivity contribution in [3.05, 3.63) is 77.7 Å². The third-order valence-electron chi connectivity index (χ3n) is 5.45. The Balaban J connectivity index is 0.00000420. The summed E-state index contributed by atoms with van der Waals surface area (Å²) in [6.45, 7) is -0.691. The summed E-state index contributed by atoms with van der Waals surface area (Å²) in [4.78, 5) is 39.8. The van der Waals surface area contributed by atoms with Gasteiger partial charge in [0.25, 0.3) is 5.56 Å². The van der Waals surface area contributed by atoms with Gasteiger partial charge in [0.15, 0.2) is 12.4 Å². The molecule has 0 aliphatic carbocycles. The van der Waals surface area contributed by atoms with E-state index in [4.69, 9.17) is 9.47 Å². The van der Waals surface area contributed by atoms with Gasteiger partial charge in [-0.1, -0.05) is 6.07 Å². The molecular weight excluding hydrogens is 668 g/mol. The number of carbonyl (C=O) groups excluding carboxylic acids is 1. The standard InChI is InChI=1S/C24H23BrF2N5O5S.BrH/c1-32(2,3)11-19(33)37-12-14-20-22(34)31(17-8-9-18(36-4)29-28-17)24(35)30(23(20)38-21(14)25)10-13-15(26)6-5-7-16(13)27;/h5-9H,10-12H2,1-4H3;1H/q+1;/p-1. The molecule has 39 heavy (non-hydrogen) atoms. The second kappa shape index (κ2) is 12.0. The first-order valence-corrected chi connectivity index (χ1v) is 12.8. The van der Waals surface area contributed by atoms with Crippen molar-refractivity contribution in [3.63, 3.8) is 0 Å². The monoisotopic (exact) mass is 689 g/mol. The lowest BCUT2D eigenvalue weighted by Gasteiger charge is -2.22. The molecule has 10 nitrogen and oxygen atoms in total. The number of carbonyl (C=O) groups is 1. The van der Waals surface area contributed by atoms with E-state index in [1.54, 1.807) is 0 Å². The molecule has 0 aliphatic rings. The van der Waals surface area contributed by atoms with Gasteiger partial charge < -0.3 is 30.9 Å². The molecule has 208 valence electrons. The van der Waals surface area contributed by atoms with Crippen molar-refractivity contribution in [2.75, 3.05) is 34.8 Å². The number of esters is 1. The highest BCUT2D eigenvalue weighted by Crippen LogP contribution is 2.34. The van der Waals surface area contributed by atoms with Crippen LogP contribution in [-0.4, -0.2) is 64.6 Å². The SMILES string of the molecule is COc1ccc(-n2c(=O)c3c(COC(=O)C[N+](C)(C)C)c(Br)sc3n(Cc3c(F)cccc3F)c2=O)nn1.[Br-]. The zero-order valence-corrected chi connectivity index (χ0v) is 25.2. The van der Waals surface area contributed by atoms with Crippen LogP contribution < -0.4 is 33.0 Å². The number of nitrogens with zero attached hydrogens (tertiary/aromatic N) is 5. The summed E-state index contributed by atoms with van der Waals surface area (Å²) in [5, 5.41) is 7.77. The maximum Gasteiger partial charge on any atom is 0.362 e. The van der Waals surface area contributed by atoms with Crippen molar-refractivity contribution < 1.29 is 44.5 Å². The van der Waals surface area contributed by atoms with Gasteiger partial charge in [0.1, 0.15) is 23.1 Å². The summed E-state index contributed by atoms with van der Waals surface area (Å²) in [6.07, 6.45) is 0. The van der Waals surface area contributed by atoms with Crippen molar-refractivity contribution in [2.45, 2.75) is 13.2 Å². The number of hydrogen-bond acceptors (Lipinski definition) is 8. The smallest absolute Gasteiger partial charge is 0.362 e. The van der Waals surface area contributed by atoms with Gasteiger partial charge in [-0.25, -0.2) is 22.9 Å². The number of ether oxygens (including phenoxy) is 2. The zero-order valence-electron chi connectivity index (χ0n) is 21.2. The molecule has 0 radical (unpaired) electrons. The topological polar surface area (TPSA) is 105 Å². The Morgan fingerprint density at radius 2 is 1.74 bits per heavy atom. The summed E-state index contributed by atoms with van der Waals surface area (Å²) in [5.41, 5.74) is -1.69. The van der Waals surface area contributed by atoms with Gasteiger partial charge in [-0.2, -0.15) is 0 Å². The first-order valence-electron chi connectivity index (χ1n) is 11.1. The highest BCUT2D eigenvalue weighted by molar-refractivity contribution is 9.11. The predicted octanol–water partition coefficient (Wildman–Crippen LogP) is -0.145. The van der Waals surface area contributed by atoms with Gasteiger partial charge in [-0.15, -0.1) is 21.5 Å². The molecule has 1 aromatic carbocycles. The number of quaternary nitrogens is 1. The average molecular weight is 691 g/mol. The van der Waals surface area contributed by atoms with Crippen LogP contribution in [0, 0.1) is 11.6 Å². The fraction of sp³-hybridized carbons (Fsp3) is 0.292. The molecule has 0 aliphatic heterocycles. The number of methoxy groups -OCH3 is 1. The van der Waals surface area contributed by atoms with Crippen LogP contribution in [0.3, 0.4) is 0 Å². The number of fused-ring (bicyclic) bond motifs is 1. The third kappa shape index (κ3) is 6.42. The number of aromatic nitrogens is 4. The fourth-order valence-electron chi connectivity index (χ4n) is 3.68. The van der Waals surface area contributed by atoms with Gasteiger partial charge >= 0.3 is 11.7 Å². The average Bonchev–Trinajstić information content (AvgIpc) is 3.17. The van der Waals surface area contributed by atoms with E-state index in [0.29, 0.717) is 13.8 Å². The quantitative estimate of drug-likeness (QED) is 0.187. The van der Waals surface area contributed by atoms with E-state index in [1.165, 1.54) is 25.3 Å². The normalized spacial score (nSPS) is 11.4. The summed E-state index contributed by atoms with van der Waals surface area (Å²) >= 11 is 4.40. The molecule has 3 aromatic heterocycles. The van der Waals surface area contributed by atoms with Crippen LogP contribution in [0.25, 0.3) is 16.0 Å². The lowest BCUT2D eigenvalue weighted by atomic mass is 10.2. The minimum atomic E-state index is -0.882. The maximum atomic E-state index is 14.6. The highest BCUT2D eigenvalue weighted by Gasteiger charge is 2.25. The van der Waals surface area contributed by atoms with Crippen LogP contribution >= 0.6 is 27.3 Å². The lowest BCUT2D eigenvalue weighted by molar-refractivity contribution is -0.862. The Morgan fingerprint density at radius 3 is 2.31 bits per heavy atom. The van der Waals surface area contributed by atoms with Crippen LogP contribution in [0.1, 0.15) is 11.1 Å². The number of likely N-dealkylation sites (N-methyl/N-ethyl adjacent to an activating group) is 1. The minimum Gasteiger partial charge on any atom is -1.00 e. The summed E-state index contributed by atoms with van der Waals surface area (Å²) in [6, 6.07) is 6.14. The van der Waals surface area contributed by atoms with Gasteiger partial charge in [0.05, 0.1) is 44.0 Å². The first-order chi connectivity index (χ1) is 17.9. The molecule has 15 heteroatoms. The number of benzene rings is 1. The van der Waals surface area contributed by atoms with E-state index in [0.717, 1.165) is 32.6 Å². The summed E-state index contributed by atoms with van der Waals surface area (Å²) in [7, 11) is 6.86. The number of rotatable bonds is 8. The number of hydrogen-bond donors (Lipinski definition) is 0. The summed E-state index contributed by atoms with van der Waals surface area (Å²) in [5.74, 6) is -2.17. The molecule has 0 saturated heterocycles. The fourth-order valence-corrected chi connectivity index (χ4v) is 5.47. The molecule has 0 amide bonds. The van der Waals surface area contributed by atoms with Gasteiger partial charge in [-0.05, 0) is 34.1 Å². The molecule has 4 rings (SSSR count). The lowest BCUT2D eigenvalue weighted by Crippen LogP contribution is -3.00. The van der Waals surface area contributed by atoms with E-state index >= 15 is 0 Å². The molecule has 0 saturated carbocycles. The van der Waals surface area contributed by atoms with Gasteiger partial charge in [0, 0.05) is 17.2 Å². The molecular formula is C24H23Br2F2N5O5S. The third-order valence-corrected chi connectivity index (χ3v) is 7.45. The predicted molar refractivity (Wildman–Crippen MR) is 140 cm³/mol. The highest BCUT2D eigenvalue weighted by atomic mass is 79.9. The second-order valence-electron chi connectivity index (χ2n) is 9.29. The van der Waals surface area contributed by atoms with Crippen LogP contribution in [0.4, 0.5) is 8.78 Å². The van der Waals surface area contributed by atoms with Crippen LogP contribution in [0.2, 0.25) is 0 Å². The largest absolute Gasteiger partial charge is 1.00 e. The van der Waals surface area contributed by atoms with Crippen LogP contribution in [0.5, 0.6) is 5.88 Å². The van der Waals surface area contributed by atoms with Crippen LogP contribution in [0.15, 0.2) is 43.7 Å². The van der Waals surface area contributed by atoms with E-state index in [9.17, 15) is 23.2 Å². The van der Waals surface area contributed by atoms with Gasteiger partial charge in [-0.3, -0.25) is 9.36 Å². The van der Waals surface area contributed by atoms with E-state index < -0.39 is 35.4 Å². The molecule has 0 fully saturated rings. The van der Waals surface area contributed by atoms with Crippen molar-refractivity contribution in [2.24, 2.45) is 0 Å². The number of halogens is 4. The van der Waals surface area contributed by atoms with Crippen molar-refractivity contribution >= 4 is 43.5 Å². The van der Waals surface area contributed by atoms with Crippen LogP contribution in [-0.2, 0) is 22.7 Å². The Bertz CT molecular complexity index is 1630. The molecule has 0 spiro atoms. The first kappa shape index (κ1) is 30.5. The van der Waals surface area contributed by atoms with E-state index in [1.807, 2.05) is 21.1 Å². The zero-order chi connectivity index (χ0) is 27.8. The molecule has 0 bridgehead atoms. The molecule has 0 atom stereocenters. The Kier molecular flexibility index (Phi) is 9.41. The molecule has 4 aromatic rings. The Labute approximate surface area is 243 Å². The van der Waals surface area contributed by atoms with E-state index in [-0.39, 0.29) is 57.6 Å². The van der Waals surface area contributed by atoms with Crippen molar-refractivity contribution in [1.82, 2.24) is 19.3 Å². The molecule has 0 N–H and O–H groups in total. The molecule has 3 heterocycles.